The van der Waals surface area contributed by atoms with Gasteiger partial charge in [-0.3, -0.25) is 9.97 Å². The third kappa shape index (κ3) is 8.67. The number of fused-ring (bicyclic) bond motifs is 2. The maximum Gasteiger partial charge on any atom is 2.00 e. The van der Waals surface area contributed by atoms with Gasteiger partial charge in [0.15, 0.2) is 0 Å². The second-order valence-corrected chi connectivity index (χ2v) is 7.26. The largest absolute Gasteiger partial charge is 2.00 e. The maximum absolute atomic E-state index is 5.65. The number of halogens is 2. The molecule has 0 unspecified atom stereocenters. The van der Waals surface area contributed by atoms with Crippen LogP contribution in [-0.2, 0) is 0 Å². The Morgan fingerprint density at radius 1 is 0.543 bits per heavy atom. The molecule has 0 amide bonds. The summed E-state index contributed by atoms with van der Waals surface area (Å²) in [4.78, 5) is 17.1. The summed E-state index contributed by atoms with van der Waals surface area (Å²) in [5.74, 6) is 0. The van der Waals surface area contributed by atoms with Crippen molar-refractivity contribution in [3.63, 3.8) is 0 Å². The first-order valence-electron chi connectivity index (χ1n) is 10.4. The zero-order chi connectivity index (χ0) is 22.7. The molecule has 0 fully saturated rings. The van der Waals surface area contributed by atoms with E-state index in [4.69, 9.17) is 11.6 Å². The average molecular weight is 552 g/mol. The van der Waals surface area contributed by atoms with E-state index >= 15 is 0 Å². The number of benzene rings is 4. The molecule has 7 heteroatoms. The van der Waals surface area contributed by atoms with Crippen LogP contribution in [0.3, 0.4) is 0 Å². The minimum atomic E-state index is 0. The Morgan fingerprint density at radius 2 is 1.03 bits per heavy atom. The van der Waals surface area contributed by atoms with Gasteiger partial charge in [0.25, 0.3) is 0 Å². The molecule has 4 aromatic carbocycles. The van der Waals surface area contributed by atoms with E-state index in [0.717, 1.165) is 33.3 Å². The van der Waals surface area contributed by atoms with Crippen LogP contribution in [0.4, 0.5) is 0 Å². The van der Waals surface area contributed by atoms with Gasteiger partial charge in [0.1, 0.15) is 5.15 Å². The summed E-state index contributed by atoms with van der Waals surface area (Å²) in [6.45, 7) is 0. The second kappa shape index (κ2) is 15.2. The summed E-state index contributed by atoms with van der Waals surface area (Å²) in [6, 6.07) is 38.1. The van der Waals surface area contributed by atoms with Crippen LogP contribution in [0.5, 0.6) is 0 Å². The van der Waals surface area contributed by atoms with E-state index in [0.29, 0.717) is 5.15 Å². The van der Waals surface area contributed by atoms with Gasteiger partial charge in [-0.1, -0.05) is 66.2 Å². The topological polar surface area (TPSA) is 51.6 Å². The summed E-state index contributed by atoms with van der Waals surface area (Å²) in [6.07, 6.45) is 3.36. The first-order valence-corrected chi connectivity index (χ1v) is 10.7. The van der Waals surface area contributed by atoms with Crippen LogP contribution in [0.25, 0.3) is 33.3 Å². The molecule has 0 saturated carbocycles. The van der Waals surface area contributed by atoms with E-state index in [2.05, 4.69) is 26.0 Å². The van der Waals surface area contributed by atoms with Crippen molar-refractivity contribution >= 4 is 56.7 Å². The standard InChI is InChI=1S/C14H10N2.C8H5ClN2.C6H5.BrH.Mg/c1-2-6-11(7-3-1)14-10-15-12-8-4-5-9-13(12)16-14;9-8-5-10-6-3-1-2-4-7(6)11-8;1-2-4-6-5-3-1;;/h1-10H;1-5H;1-5H;1H;/q;;-1;;+2/p-1. The molecule has 35 heavy (non-hydrogen) atoms. The average Bonchev–Trinajstić information content (AvgIpc) is 2.90. The fraction of sp³-hybridized carbons (Fsp3) is 0. The van der Waals surface area contributed by atoms with Gasteiger partial charge in [0, 0.05) is 5.56 Å². The Morgan fingerprint density at radius 3 is 1.57 bits per heavy atom. The number of nitrogens with zero attached hydrogens (tertiary/aromatic N) is 4. The van der Waals surface area contributed by atoms with E-state index in [-0.39, 0.29) is 40.0 Å². The predicted molar refractivity (Wildman–Crippen MR) is 141 cm³/mol. The summed E-state index contributed by atoms with van der Waals surface area (Å²) in [7, 11) is 0. The van der Waals surface area contributed by atoms with Crippen LogP contribution in [0, 0.1) is 6.07 Å². The summed E-state index contributed by atoms with van der Waals surface area (Å²) in [5.41, 5.74) is 5.59. The SMILES string of the molecule is Clc1cnc2ccccc2n1.[Br-].[Mg+2].[c-]1ccccc1.c1ccc(-c2cnc3ccccc3n2)cc1. The molecular weight excluding hydrogens is 532 g/mol. The van der Waals surface area contributed by atoms with Crippen molar-refractivity contribution in [2.24, 2.45) is 0 Å². The Balaban J connectivity index is 0.000000199. The molecule has 6 rings (SSSR count). The van der Waals surface area contributed by atoms with Crippen molar-refractivity contribution in [1.82, 2.24) is 19.9 Å². The quantitative estimate of drug-likeness (QED) is 0.231. The van der Waals surface area contributed by atoms with Crippen LogP contribution in [0.15, 0.2) is 122 Å². The molecule has 2 heterocycles. The molecule has 168 valence electrons. The van der Waals surface area contributed by atoms with Gasteiger partial charge in [-0.15, -0.1) is 0 Å². The van der Waals surface area contributed by atoms with Gasteiger partial charge < -0.3 is 17.0 Å². The monoisotopic (exact) mass is 550 g/mol. The van der Waals surface area contributed by atoms with Gasteiger partial charge in [-0.25, -0.2) is 9.97 Å². The minimum Gasteiger partial charge on any atom is -1.00 e. The Bertz CT molecular complexity index is 1410. The zero-order valence-corrected chi connectivity index (χ0v) is 22.6. The van der Waals surface area contributed by atoms with Crippen molar-refractivity contribution in [2.75, 3.05) is 0 Å². The van der Waals surface area contributed by atoms with Gasteiger partial charge in [0.05, 0.1) is 40.2 Å². The fourth-order valence-electron chi connectivity index (χ4n) is 2.98. The number of aromatic nitrogens is 4. The van der Waals surface area contributed by atoms with Crippen LogP contribution in [0.2, 0.25) is 5.15 Å². The minimum absolute atomic E-state index is 0. The van der Waals surface area contributed by atoms with Gasteiger partial charge in [0.2, 0.25) is 0 Å². The molecule has 6 aromatic rings. The molecule has 4 nitrogen and oxygen atoms in total. The number of rotatable bonds is 1. The van der Waals surface area contributed by atoms with Crippen molar-refractivity contribution in [3.05, 3.63) is 133 Å². The summed E-state index contributed by atoms with van der Waals surface area (Å²) < 4.78 is 0. The molecule has 0 aliphatic carbocycles. The molecule has 0 aliphatic heterocycles. The first kappa shape index (κ1) is 28.3. The van der Waals surface area contributed by atoms with Crippen molar-refractivity contribution in [2.45, 2.75) is 0 Å². The van der Waals surface area contributed by atoms with E-state index in [1.807, 2.05) is 115 Å². The number of hydrogen-bond donors (Lipinski definition) is 0. The third-order valence-electron chi connectivity index (χ3n) is 4.54. The summed E-state index contributed by atoms with van der Waals surface area (Å²) >= 11 is 5.65. The van der Waals surface area contributed by atoms with Crippen molar-refractivity contribution in [1.29, 1.82) is 0 Å². The van der Waals surface area contributed by atoms with Crippen LogP contribution < -0.4 is 17.0 Å². The van der Waals surface area contributed by atoms with Crippen molar-refractivity contribution in [3.8, 4) is 11.3 Å². The second-order valence-electron chi connectivity index (χ2n) is 6.87. The molecule has 2 aromatic heterocycles. The number of hydrogen-bond acceptors (Lipinski definition) is 4. The van der Waals surface area contributed by atoms with E-state index < -0.39 is 0 Å². The molecule has 0 saturated heterocycles. The molecule has 0 radical (unpaired) electrons. The molecule has 0 bridgehead atoms. The normalized spacial score (nSPS) is 9.40. The first-order chi connectivity index (χ1) is 16.3. The van der Waals surface area contributed by atoms with E-state index in [1.165, 1.54) is 0 Å². The Hall–Kier alpha value is -2.90. The van der Waals surface area contributed by atoms with Gasteiger partial charge in [-0.05, 0) is 24.3 Å². The molecular formula is C28H20BrClMgN4. The van der Waals surface area contributed by atoms with Crippen LogP contribution in [-0.4, -0.2) is 43.0 Å². The van der Waals surface area contributed by atoms with Crippen LogP contribution in [0.1, 0.15) is 0 Å². The Labute approximate surface area is 236 Å². The van der Waals surface area contributed by atoms with E-state index in [1.54, 1.807) is 6.20 Å². The van der Waals surface area contributed by atoms with Gasteiger partial charge >= 0.3 is 23.1 Å². The molecule has 0 aliphatic rings. The maximum atomic E-state index is 5.65. The van der Waals surface area contributed by atoms with E-state index in [9.17, 15) is 0 Å². The smallest absolute Gasteiger partial charge is 1.00 e. The zero-order valence-electron chi connectivity index (χ0n) is 18.8. The number of para-hydroxylation sites is 4. The van der Waals surface area contributed by atoms with Crippen molar-refractivity contribution < 1.29 is 17.0 Å². The third-order valence-corrected chi connectivity index (χ3v) is 4.73. The molecule has 0 spiro atoms. The molecule has 0 atom stereocenters. The van der Waals surface area contributed by atoms with Gasteiger partial charge in [-0.2, -0.15) is 36.4 Å². The van der Waals surface area contributed by atoms with Crippen LogP contribution >= 0.6 is 11.6 Å². The predicted octanol–water partition coefficient (Wildman–Crippen LogP) is 3.69. The summed E-state index contributed by atoms with van der Waals surface area (Å²) in [5, 5.41) is 0.434. The Kier molecular flexibility index (Phi) is 12.3. The fourth-order valence-corrected chi connectivity index (χ4v) is 3.12. The molecule has 0 N–H and O–H groups in total.